The summed E-state index contributed by atoms with van der Waals surface area (Å²) in [5.74, 6) is -1.30. The molecule has 0 unspecified atom stereocenters. The quantitative estimate of drug-likeness (QED) is 0.502. The van der Waals surface area contributed by atoms with Gasteiger partial charge in [0.05, 0.1) is 23.2 Å². The van der Waals surface area contributed by atoms with Crippen molar-refractivity contribution >= 4 is 17.0 Å². The smallest absolute Gasteiger partial charge is 0.416 e. The van der Waals surface area contributed by atoms with Crippen LogP contribution in [0.3, 0.4) is 0 Å². The van der Waals surface area contributed by atoms with E-state index in [1.54, 1.807) is 6.92 Å². The highest BCUT2D eigenvalue weighted by Crippen LogP contribution is 2.32. The van der Waals surface area contributed by atoms with Crippen molar-refractivity contribution in [2.24, 2.45) is 0 Å². The number of hydrogen-bond donors (Lipinski definition) is 0. The maximum absolute atomic E-state index is 13.2. The van der Waals surface area contributed by atoms with Gasteiger partial charge in [-0.05, 0) is 49.4 Å². The summed E-state index contributed by atoms with van der Waals surface area (Å²) in [5, 5.41) is 0. The molecule has 26 heavy (non-hydrogen) atoms. The lowest BCUT2D eigenvalue weighted by molar-refractivity contribution is -0.137. The van der Waals surface area contributed by atoms with Crippen molar-refractivity contribution in [3.63, 3.8) is 0 Å². The van der Waals surface area contributed by atoms with E-state index in [2.05, 4.69) is 9.97 Å². The molecule has 0 saturated carbocycles. The van der Waals surface area contributed by atoms with Crippen LogP contribution in [0.15, 0.2) is 42.5 Å². The van der Waals surface area contributed by atoms with Crippen molar-refractivity contribution in [2.75, 3.05) is 6.61 Å². The molecular formula is C18H12F4N2O2. The molecule has 8 heteroatoms. The molecule has 0 aliphatic rings. The summed E-state index contributed by atoms with van der Waals surface area (Å²) < 4.78 is 56.8. The minimum Gasteiger partial charge on any atom is -0.461 e. The number of alkyl halides is 3. The predicted molar refractivity (Wildman–Crippen MR) is 85.9 cm³/mol. The van der Waals surface area contributed by atoms with Crippen LogP contribution in [0.2, 0.25) is 0 Å². The minimum atomic E-state index is -4.55. The van der Waals surface area contributed by atoms with Gasteiger partial charge in [-0.3, -0.25) is 0 Å². The number of hydrogen-bond acceptors (Lipinski definition) is 4. The lowest BCUT2D eigenvalue weighted by Crippen LogP contribution is -2.11. The molecule has 0 radical (unpaired) electrons. The van der Waals surface area contributed by atoms with Crippen molar-refractivity contribution in [1.82, 2.24) is 9.97 Å². The van der Waals surface area contributed by atoms with E-state index in [1.807, 2.05) is 0 Å². The minimum absolute atomic E-state index is 0.0595. The summed E-state index contributed by atoms with van der Waals surface area (Å²) >= 11 is 0. The summed E-state index contributed by atoms with van der Waals surface area (Å²) in [5.41, 5.74) is -0.549. The monoisotopic (exact) mass is 364 g/mol. The SMILES string of the molecule is CCOC(=O)c1nc2cc(C(F)(F)F)ccc2nc1-c1ccc(F)cc1. The fraction of sp³-hybridized carbons (Fsp3) is 0.167. The summed E-state index contributed by atoms with van der Waals surface area (Å²) in [6, 6.07) is 8.05. The molecule has 1 heterocycles. The van der Waals surface area contributed by atoms with Gasteiger partial charge in [-0.1, -0.05) is 0 Å². The van der Waals surface area contributed by atoms with Crippen molar-refractivity contribution in [2.45, 2.75) is 13.1 Å². The van der Waals surface area contributed by atoms with Crippen LogP contribution >= 0.6 is 0 Å². The van der Waals surface area contributed by atoms with E-state index in [4.69, 9.17) is 4.74 Å². The predicted octanol–water partition coefficient (Wildman–Crippen LogP) is 4.63. The molecule has 0 fully saturated rings. The van der Waals surface area contributed by atoms with E-state index in [9.17, 15) is 22.4 Å². The van der Waals surface area contributed by atoms with Gasteiger partial charge in [0.2, 0.25) is 0 Å². The Kier molecular flexibility index (Phi) is 4.58. The topological polar surface area (TPSA) is 52.1 Å². The van der Waals surface area contributed by atoms with Gasteiger partial charge in [0.15, 0.2) is 5.69 Å². The normalized spacial score (nSPS) is 11.6. The van der Waals surface area contributed by atoms with Gasteiger partial charge in [-0.15, -0.1) is 0 Å². The molecular weight excluding hydrogens is 352 g/mol. The van der Waals surface area contributed by atoms with Crippen LogP contribution in [0, 0.1) is 5.82 Å². The Labute approximate surface area is 145 Å². The van der Waals surface area contributed by atoms with Crippen molar-refractivity contribution in [1.29, 1.82) is 0 Å². The molecule has 0 atom stereocenters. The Morgan fingerprint density at radius 1 is 1.04 bits per heavy atom. The number of carbonyl (C=O) groups is 1. The number of ether oxygens (including phenoxy) is 1. The zero-order valence-corrected chi connectivity index (χ0v) is 13.5. The zero-order chi connectivity index (χ0) is 18.9. The maximum atomic E-state index is 13.2. The van der Waals surface area contributed by atoms with Crippen molar-refractivity contribution in [3.05, 3.63) is 59.5 Å². The fourth-order valence-corrected chi connectivity index (χ4v) is 2.38. The summed E-state index contributed by atoms with van der Waals surface area (Å²) in [6.07, 6.45) is -4.55. The van der Waals surface area contributed by atoms with Crippen LogP contribution < -0.4 is 0 Å². The third-order valence-corrected chi connectivity index (χ3v) is 3.58. The first-order valence-electron chi connectivity index (χ1n) is 7.61. The average molecular weight is 364 g/mol. The Morgan fingerprint density at radius 2 is 1.73 bits per heavy atom. The largest absolute Gasteiger partial charge is 0.461 e. The highest BCUT2D eigenvalue weighted by atomic mass is 19.4. The molecule has 2 aromatic carbocycles. The molecule has 0 aliphatic heterocycles. The molecule has 1 aromatic heterocycles. The molecule has 4 nitrogen and oxygen atoms in total. The van der Waals surface area contributed by atoms with E-state index in [0.717, 1.165) is 12.1 Å². The summed E-state index contributed by atoms with van der Waals surface area (Å²) in [4.78, 5) is 20.5. The van der Waals surface area contributed by atoms with Gasteiger partial charge < -0.3 is 4.74 Å². The van der Waals surface area contributed by atoms with Crippen LogP contribution in [-0.4, -0.2) is 22.5 Å². The van der Waals surface area contributed by atoms with E-state index in [1.165, 1.54) is 30.3 Å². The summed E-state index contributed by atoms with van der Waals surface area (Å²) in [7, 11) is 0. The zero-order valence-electron chi connectivity index (χ0n) is 13.5. The van der Waals surface area contributed by atoms with Crippen LogP contribution in [0.5, 0.6) is 0 Å². The van der Waals surface area contributed by atoms with E-state index in [0.29, 0.717) is 5.56 Å². The number of esters is 1. The molecule has 0 amide bonds. The summed E-state index contributed by atoms with van der Waals surface area (Å²) in [6.45, 7) is 1.65. The molecule has 0 saturated heterocycles. The Hall–Kier alpha value is -3.03. The van der Waals surface area contributed by atoms with Crippen molar-refractivity contribution in [3.8, 4) is 11.3 Å². The number of rotatable bonds is 3. The first kappa shape index (κ1) is 17.8. The van der Waals surface area contributed by atoms with Gasteiger partial charge >= 0.3 is 12.1 Å². The first-order chi connectivity index (χ1) is 12.3. The maximum Gasteiger partial charge on any atom is 0.416 e. The lowest BCUT2D eigenvalue weighted by Gasteiger charge is -2.11. The molecule has 0 N–H and O–H groups in total. The number of aromatic nitrogens is 2. The number of carbonyl (C=O) groups excluding carboxylic acids is 1. The van der Waals surface area contributed by atoms with E-state index in [-0.39, 0.29) is 29.0 Å². The number of fused-ring (bicyclic) bond motifs is 1. The lowest BCUT2D eigenvalue weighted by atomic mass is 10.1. The van der Waals surface area contributed by atoms with Crippen LogP contribution in [-0.2, 0) is 10.9 Å². The van der Waals surface area contributed by atoms with Gasteiger partial charge in [0, 0.05) is 5.56 Å². The molecule has 0 spiro atoms. The molecule has 0 aliphatic carbocycles. The van der Waals surface area contributed by atoms with Gasteiger partial charge in [-0.25, -0.2) is 19.2 Å². The number of benzene rings is 2. The van der Waals surface area contributed by atoms with E-state index >= 15 is 0 Å². The van der Waals surface area contributed by atoms with Crippen LogP contribution in [0.4, 0.5) is 17.6 Å². The second-order valence-corrected chi connectivity index (χ2v) is 5.35. The average Bonchev–Trinajstić information content (AvgIpc) is 2.60. The number of halogens is 4. The molecule has 0 bridgehead atoms. The third-order valence-electron chi connectivity index (χ3n) is 3.58. The Morgan fingerprint density at radius 3 is 2.35 bits per heavy atom. The van der Waals surface area contributed by atoms with Gasteiger partial charge in [-0.2, -0.15) is 13.2 Å². The highest BCUT2D eigenvalue weighted by Gasteiger charge is 2.31. The highest BCUT2D eigenvalue weighted by molar-refractivity contribution is 5.96. The molecule has 134 valence electrons. The van der Waals surface area contributed by atoms with E-state index < -0.39 is 23.5 Å². The van der Waals surface area contributed by atoms with Gasteiger partial charge in [0.1, 0.15) is 11.5 Å². The van der Waals surface area contributed by atoms with Gasteiger partial charge in [0.25, 0.3) is 0 Å². The number of nitrogens with zero attached hydrogens (tertiary/aromatic N) is 2. The second-order valence-electron chi connectivity index (χ2n) is 5.35. The fourth-order valence-electron chi connectivity index (χ4n) is 2.38. The Balaban J connectivity index is 2.23. The second kappa shape index (κ2) is 6.70. The standard InChI is InChI=1S/C18H12F4N2O2/c1-2-26-17(25)16-15(10-3-6-12(19)7-4-10)23-13-8-5-11(18(20,21)22)9-14(13)24-16/h3-9H,2H2,1H3. The molecule has 3 aromatic rings. The van der Waals surface area contributed by atoms with Crippen LogP contribution in [0.25, 0.3) is 22.3 Å². The molecule has 3 rings (SSSR count). The van der Waals surface area contributed by atoms with Crippen molar-refractivity contribution < 1.29 is 27.1 Å². The first-order valence-corrected chi connectivity index (χ1v) is 7.61. The third kappa shape index (κ3) is 3.49. The Bertz CT molecular complexity index is 969. The van der Waals surface area contributed by atoms with Crippen LogP contribution in [0.1, 0.15) is 23.0 Å².